The highest BCUT2D eigenvalue weighted by atomic mass is 16.2. The number of nitrogens with zero attached hydrogens (tertiary/aromatic N) is 2. The number of carbonyl (C=O) groups is 1. The molecular formula is C19H29N3O. The van der Waals surface area contributed by atoms with Crippen LogP contribution >= 0.6 is 0 Å². The quantitative estimate of drug-likeness (QED) is 0.929. The molecule has 2 aliphatic heterocycles. The summed E-state index contributed by atoms with van der Waals surface area (Å²) in [6.45, 7) is 10.0. The highest BCUT2D eigenvalue weighted by molar-refractivity contribution is 5.83. The number of piperazine rings is 1. The third-order valence-corrected chi connectivity index (χ3v) is 5.24. The largest absolute Gasteiger partial charge is 0.341 e. The molecule has 0 spiro atoms. The van der Waals surface area contributed by atoms with Crippen LogP contribution in [0.15, 0.2) is 24.3 Å². The van der Waals surface area contributed by atoms with E-state index in [1.807, 2.05) is 0 Å². The zero-order valence-electron chi connectivity index (χ0n) is 14.4. The molecule has 4 heteroatoms. The summed E-state index contributed by atoms with van der Waals surface area (Å²) in [7, 11) is 0. The van der Waals surface area contributed by atoms with E-state index in [1.165, 1.54) is 5.56 Å². The van der Waals surface area contributed by atoms with Crippen molar-refractivity contribution in [1.29, 1.82) is 0 Å². The van der Waals surface area contributed by atoms with E-state index in [0.29, 0.717) is 5.91 Å². The Kier molecular flexibility index (Phi) is 5.34. The van der Waals surface area contributed by atoms with Gasteiger partial charge in [-0.3, -0.25) is 9.69 Å². The molecule has 3 rings (SSSR count). The van der Waals surface area contributed by atoms with Gasteiger partial charge >= 0.3 is 0 Å². The molecule has 4 nitrogen and oxygen atoms in total. The van der Waals surface area contributed by atoms with Crippen LogP contribution in [0.25, 0.3) is 0 Å². The summed E-state index contributed by atoms with van der Waals surface area (Å²) in [6, 6.07) is 8.39. The van der Waals surface area contributed by atoms with Crippen LogP contribution in [-0.4, -0.2) is 55.0 Å². The van der Waals surface area contributed by atoms with Gasteiger partial charge in [0.2, 0.25) is 5.91 Å². The SMILES string of the molecule is Cc1ccc(C(C(=O)N2CCC(C)CC2)N2CCNCC2)cc1. The molecule has 2 heterocycles. The van der Waals surface area contributed by atoms with Crippen LogP contribution in [-0.2, 0) is 4.79 Å². The van der Waals surface area contributed by atoms with E-state index in [9.17, 15) is 4.79 Å². The van der Waals surface area contributed by atoms with Gasteiger partial charge in [0, 0.05) is 39.3 Å². The lowest BCUT2D eigenvalue weighted by molar-refractivity contribution is -0.139. The molecule has 1 aromatic rings. The van der Waals surface area contributed by atoms with Crippen molar-refractivity contribution in [1.82, 2.24) is 15.1 Å². The molecule has 2 aliphatic rings. The monoisotopic (exact) mass is 315 g/mol. The van der Waals surface area contributed by atoms with E-state index in [1.54, 1.807) is 0 Å². The molecule has 1 N–H and O–H groups in total. The van der Waals surface area contributed by atoms with Crippen molar-refractivity contribution in [3.8, 4) is 0 Å². The first-order valence-corrected chi connectivity index (χ1v) is 8.95. The molecule has 1 unspecified atom stereocenters. The summed E-state index contributed by atoms with van der Waals surface area (Å²) in [5, 5.41) is 3.39. The standard InChI is InChI=1S/C19H29N3O/c1-15-3-5-17(6-4-15)18(21-13-9-20-10-14-21)19(23)22-11-7-16(2)8-12-22/h3-6,16,18,20H,7-14H2,1-2H3. The summed E-state index contributed by atoms with van der Waals surface area (Å²) in [4.78, 5) is 17.7. The maximum Gasteiger partial charge on any atom is 0.244 e. The maximum absolute atomic E-state index is 13.3. The minimum absolute atomic E-state index is 0.119. The average molecular weight is 315 g/mol. The van der Waals surface area contributed by atoms with Gasteiger partial charge in [0.25, 0.3) is 0 Å². The van der Waals surface area contributed by atoms with Gasteiger partial charge in [-0.25, -0.2) is 0 Å². The lowest BCUT2D eigenvalue weighted by atomic mass is 9.96. The van der Waals surface area contributed by atoms with Crippen molar-refractivity contribution in [3.63, 3.8) is 0 Å². The zero-order valence-corrected chi connectivity index (χ0v) is 14.4. The van der Waals surface area contributed by atoms with Crippen LogP contribution in [0.3, 0.4) is 0 Å². The fraction of sp³-hybridized carbons (Fsp3) is 0.632. The van der Waals surface area contributed by atoms with Gasteiger partial charge in [-0.1, -0.05) is 36.8 Å². The molecule has 2 saturated heterocycles. The predicted octanol–water partition coefficient (Wildman–Crippen LogP) is 2.20. The first-order chi connectivity index (χ1) is 11.1. The van der Waals surface area contributed by atoms with E-state index >= 15 is 0 Å². The lowest BCUT2D eigenvalue weighted by Crippen LogP contribution is -2.51. The fourth-order valence-corrected chi connectivity index (χ4v) is 3.60. The van der Waals surface area contributed by atoms with E-state index in [0.717, 1.165) is 63.6 Å². The summed E-state index contributed by atoms with van der Waals surface area (Å²) in [6.07, 6.45) is 2.27. The van der Waals surface area contributed by atoms with E-state index in [4.69, 9.17) is 0 Å². The Labute approximate surface area is 139 Å². The third kappa shape index (κ3) is 3.93. The normalized spacial score (nSPS) is 22.1. The fourth-order valence-electron chi connectivity index (χ4n) is 3.60. The predicted molar refractivity (Wildman–Crippen MR) is 93.3 cm³/mol. The topological polar surface area (TPSA) is 35.6 Å². The molecule has 2 fully saturated rings. The van der Waals surface area contributed by atoms with Crippen molar-refractivity contribution in [3.05, 3.63) is 35.4 Å². The number of aryl methyl sites for hydroxylation is 1. The highest BCUT2D eigenvalue weighted by Gasteiger charge is 2.33. The van der Waals surface area contributed by atoms with Crippen molar-refractivity contribution >= 4 is 5.91 Å². The lowest BCUT2D eigenvalue weighted by Gasteiger charge is -2.39. The number of benzene rings is 1. The molecule has 23 heavy (non-hydrogen) atoms. The van der Waals surface area contributed by atoms with Gasteiger partial charge in [-0.15, -0.1) is 0 Å². The molecule has 0 aliphatic carbocycles. The van der Waals surface area contributed by atoms with Gasteiger partial charge in [0.15, 0.2) is 0 Å². The second-order valence-electron chi connectivity index (χ2n) is 7.11. The minimum atomic E-state index is -0.119. The second-order valence-corrected chi connectivity index (χ2v) is 7.11. The number of amides is 1. The number of hydrogen-bond acceptors (Lipinski definition) is 3. The number of carbonyl (C=O) groups excluding carboxylic acids is 1. The molecule has 0 aromatic heterocycles. The molecular weight excluding hydrogens is 286 g/mol. The average Bonchev–Trinajstić information content (AvgIpc) is 2.58. The Bertz CT molecular complexity index is 514. The highest BCUT2D eigenvalue weighted by Crippen LogP contribution is 2.27. The van der Waals surface area contributed by atoms with Crippen LogP contribution in [0, 0.1) is 12.8 Å². The Morgan fingerprint density at radius 1 is 1.09 bits per heavy atom. The summed E-state index contributed by atoms with van der Waals surface area (Å²) in [5.74, 6) is 1.04. The van der Waals surface area contributed by atoms with Gasteiger partial charge in [0.1, 0.15) is 6.04 Å². The molecule has 1 amide bonds. The third-order valence-electron chi connectivity index (χ3n) is 5.24. The number of piperidine rings is 1. The molecule has 1 aromatic carbocycles. The molecule has 0 radical (unpaired) electrons. The minimum Gasteiger partial charge on any atom is -0.341 e. The number of nitrogens with one attached hydrogen (secondary N) is 1. The summed E-state index contributed by atoms with van der Waals surface area (Å²) >= 11 is 0. The van der Waals surface area contributed by atoms with E-state index in [-0.39, 0.29) is 6.04 Å². The Morgan fingerprint density at radius 2 is 1.70 bits per heavy atom. The van der Waals surface area contributed by atoms with Crippen LogP contribution in [0.1, 0.15) is 36.9 Å². The zero-order chi connectivity index (χ0) is 16.2. The Balaban J connectivity index is 1.81. The molecule has 0 saturated carbocycles. The number of hydrogen-bond donors (Lipinski definition) is 1. The van der Waals surface area contributed by atoms with Crippen molar-refractivity contribution in [2.75, 3.05) is 39.3 Å². The molecule has 0 bridgehead atoms. The van der Waals surface area contributed by atoms with Crippen LogP contribution in [0.5, 0.6) is 0 Å². The van der Waals surface area contributed by atoms with Gasteiger partial charge in [-0.05, 0) is 31.2 Å². The van der Waals surface area contributed by atoms with Gasteiger partial charge < -0.3 is 10.2 Å². The van der Waals surface area contributed by atoms with E-state index < -0.39 is 0 Å². The van der Waals surface area contributed by atoms with Gasteiger partial charge in [0.05, 0.1) is 0 Å². The molecule has 126 valence electrons. The molecule has 1 atom stereocenters. The maximum atomic E-state index is 13.3. The van der Waals surface area contributed by atoms with Crippen LogP contribution < -0.4 is 5.32 Å². The van der Waals surface area contributed by atoms with Gasteiger partial charge in [-0.2, -0.15) is 0 Å². The van der Waals surface area contributed by atoms with E-state index in [2.05, 4.69) is 53.2 Å². The van der Waals surface area contributed by atoms with Crippen molar-refractivity contribution < 1.29 is 4.79 Å². The van der Waals surface area contributed by atoms with Crippen molar-refractivity contribution in [2.45, 2.75) is 32.7 Å². The second kappa shape index (κ2) is 7.45. The Hall–Kier alpha value is -1.39. The number of likely N-dealkylation sites (tertiary alicyclic amines) is 1. The first-order valence-electron chi connectivity index (χ1n) is 8.95. The summed E-state index contributed by atoms with van der Waals surface area (Å²) < 4.78 is 0. The van der Waals surface area contributed by atoms with Crippen LogP contribution in [0.4, 0.5) is 0 Å². The van der Waals surface area contributed by atoms with Crippen LogP contribution in [0.2, 0.25) is 0 Å². The van der Waals surface area contributed by atoms with Crippen molar-refractivity contribution in [2.24, 2.45) is 5.92 Å². The smallest absolute Gasteiger partial charge is 0.244 e. The Morgan fingerprint density at radius 3 is 2.30 bits per heavy atom. The first kappa shape index (κ1) is 16.5. The summed E-state index contributed by atoms with van der Waals surface area (Å²) in [5.41, 5.74) is 2.38. The number of rotatable bonds is 3.